The minimum Gasteiger partial charge on any atom is -0.469 e. The molecule has 14 heavy (non-hydrogen) atoms. The van der Waals surface area contributed by atoms with Crippen LogP contribution in [0.3, 0.4) is 0 Å². The zero-order valence-electron chi connectivity index (χ0n) is 7.31. The van der Waals surface area contributed by atoms with Gasteiger partial charge in [-0.1, -0.05) is 17.7 Å². The molecule has 0 aliphatic heterocycles. The Morgan fingerprint density at radius 3 is 2.64 bits per heavy atom. The maximum atomic E-state index is 11.0. The van der Waals surface area contributed by atoms with Crippen LogP contribution in [0.5, 0.6) is 0 Å². The third-order valence-corrected chi connectivity index (χ3v) is 4.48. The molecule has 0 fully saturated rings. The van der Waals surface area contributed by atoms with Crippen molar-refractivity contribution in [1.29, 1.82) is 0 Å². The number of ether oxygens (including phenoxy) is 1. The van der Waals surface area contributed by atoms with Crippen LogP contribution >= 0.6 is 43.5 Å². The van der Waals surface area contributed by atoms with E-state index >= 15 is 0 Å². The summed E-state index contributed by atoms with van der Waals surface area (Å²) in [6.45, 7) is 0. The van der Waals surface area contributed by atoms with Gasteiger partial charge < -0.3 is 4.74 Å². The van der Waals surface area contributed by atoms with E-state index in [0.29, 0.717) is 5.02 Å². The standard InChI is InChI=1S/C9H7Br2ClO2/c1-14-7(13)4-5-2-3-6(12)9(11)8(5)10/h2-3H,4H2,1H3. The van der Waals surface area contributed by atoms with Crippen molar-refractivity contribution in [1.82, 2.24) is 0 Å². The number of rotatable bonds is 2. The molecule has 0 saturated heterocycles. The molecular weight excluding hydrogens is 335 g/mol. The van der Waals surface area contributed by atoms with Crippen molar-refractivity contribution < 1.29 is 9.53 Å². The Labute approximate surface area is 104 Å². The van der Waals surface area contributed by atoms with Crippen LogP contribution in [0.15, 0.2) is 21.1 Å². The molecule has 0 aliphatic carbocycles. The highest BCUT2D eigenvalue weighted by atomic mass is 79.9. The molecule has 1 rings (SSSR count). The third kappa shape index (κ3) is 2.72. The van der Waals surface area contributed by atoms with Gasteiger partial charge in [-0.15, -0.1) is 0 Å². The molecule has 1 aromatic carbocycles. The van der Waals surface area contributed by atoms with Gasteiger partial charge in [0.25, 0.3) is 0 Å². The fraction of sp³-hybridized carbons (Fsp3) is 0.222. The molecule has 5 heteroatoms. The molecule has 0 amide bonds. The number of halogens is 3. The number of carbonyl (C=O) groups excluding carboxylic acids is 1. The molecule has 0 radical (unpaired) electrons. The Hall–Kier alpha value is -0.0600. The number of hydrogen-bond donors (Lipinski definition) is 0. The summed E-state index contributed by atoms with van der Waals surface area (Å²) in [5, 5.41) is 0.602. The second-order valence-corrected chi connectivity index (χ2v) is 4.58. The molecular formula is C9H7Br2ClO2. The van der Waals surface area contributed by atoms with E-state index in [1.54, 1.807) is 12.1 Å². The molecule has 0 bridgehead atoms. The van der Waals surface area contributed by atoms with Crippen LogP contribution in [0.2, 0.25) is 5.02 Å². The van der Waals surface area contributed by atoms with E-state index in [1.807, 2.05) is 0 Å². The lowest BCUT2D eigenvalue weighted by atomic mass is 10.1. The first-order chi connectivity index (χ1) is 6.56. The van der Waals surface area contributed by atoms with Gasteiger partial charge in [0, 0.05) is 4.47 Å². The summed E-state index contributed by atoms with van der Waals surface area (Å²) >= 11 is 12.5. The number of esters is 1. The lowest BCUT2D eigenvalue weighted by Gasteiger charge is -2.06. The molecule has 0 unspecified atom stereocenters. The zero-order valence-corrected chi connectivity index (χ0v) is 11.2. The van der Waals surface area contributed by atoms with Crippen LogP contribution < -0.4 is 0 Å². The van der Waals surface area contributed by atoms with Gasteiger partial charge in [0.2, 0.25) is 0 Å². The molecule has 2 nitrogen and oxygen atoms in total. The van der Waals surface area contributed by atoms with Crippen LogP contribution in [0.4, 0.5) is 0 Å². The molecule has 0 N–H and O–H groups in total. The Morgan fingerprint density at radius 1 is 1.43 bits per heavy atom. The van der Waals surface area contributed by atoms with E-state index in [0.717, 1.165) is 14.5 Å². The summed E-state index contributed by atoms with van der Waals surface area (Å²) in [5.74, 6) is -0.278. The SMILES string of the molecule is COC(=O)Cc1ccc(Cl)c(Br)c1Br. The summed E-state index contributed by atoms with van der Waals surface area (Å²) in [4.78, 5) is 11.0. The van der Waals surface area contributed by atoms with Gasteiger partial charge >= 0.3 is 5.97 Å². The van der Waals surface area contributed by atoms with Gasteiger partial charge in [0.05, 0.1) is 23.0 Å². The molecule has 0 aromatic heterocycles. The minimum absolute atomic E-state index is 0.229. The van der Waals surface area contributed by atoms with E-state index in [4.69, 9.17) is 11.6 Å². The van der Waals surface area contributed by atoms with E-state index in [-0.39, 0.29) is 12.4 Å². The van der Waals surface area contributed by atoms with Crippen LogP contribution in [-0.2, 0) is 16.0 Å². The van der Waals surface area contributed by atoms with Crippen molar-refractivity contribution in [3.05, 3.63) is 31.7 Å². The fourth-order valence-corrected chi connectivity index (χ4v) is 2.07. The molecule has 0 atom stereocenters. The summed E-state index contributed by atoms with van der Waals surface area (Å²) in [6, 6.07) is 3.52. The van der Waals surface area contributed by atoms with Crippen LogP contribution in [0, 0.1) is 0 Å². The van der Waals surface area contributed by atoms with Crippen molar-refractivity contribution in [3.8, 4) is 0 Å². The first-order valence-electron chi connectivity index (χ1n) is 3.75. The van der Waals surface area contributed by atoms with Gasteiger partial charge in [-0.05, 0) is 43.5 Å². The molecule has 0 saturated carbocycles. The van der Waals surface area contributed by atoms with Crippen LogP contribution in [-0.4, -0.2) is 13.1 Å². The van der Waals surface area contributed by atoms with E-state index in [2.05, 4.69) is 36.6 Å². The number of methoxy groups -OCH3 is 1. The first kappa shape index (κ1) is 12.0. The van der Waals surface area contributed by atoms with Gasteiger partial charge in [-0.25, -0.2) is 0 Å². The maximum Gasteiger partial charge on any atom is 0.310 e. The lowest BCUT2D eigenvalue weighted by Crippen LogP contribution is -2.05. The normalized spacial score (nSPS) is 10.0. The number of carbonyl (C=O) groups is 1. The highest BCUT2D eigenvalue weighted by Crippen LogP contribution is 2.33. The monoisotopic (exact) mass is 340 g/mol. The van der Waals surface area contributed by atoms with Crippen molar-refractivity contribution >= 4 is 49.4 Å². The Kier molecular flexibility index (Phi) is 4.41. The number of benzene rings is 1. The third-order valence-electron chi connectivity index (χ3n) is 1.68. The average molecular weight is 342 g/mol. The molecule has 0 spiro atoms. The predicted octanol–water partition coefficient (Wildman–Crippen LogP) is 3.58. The van der Waals surface area contributed by atoms with E-state index in [1.165, 1.54) is 7.11 Å². The van der Waals surface area contributed by atoms with Crippen molar-refractivity contribution in [2.75, 3.05) is 7.11 Å². The molecule has 0 heterocycles. The smallest absolute Gasteiger partial charge is 0.310 e. The summed E-state index contributed by atoms with van der Waals surface area (Å²) in [5.41, 5.74) is 0.841. The maximum absolute atomic E-state index is 11.0. The van der Waals surface area contributed by atoms with Gasteiger partial charge in [0.15, 0.2) is 0 Å². The summed E-state index contributed by atoms with van der Waals surface area (Å²) < 4.78 is 6.11. The van der Waals surface area contributed by atoms with E-state index < -0.39 is 0 Å². The zero-order chi connectivity index (χ0) is 10.7. The topological polar surface area (TPSA) is 26.3 Å². The molecule has 1 aromatic rings. The predicted molar refractivity (Wildman–Crippen MR) is 62.6 cm³/mol. The Balaban J connectivity index is 3.00. The van der Waals surface area contributed by atoms with Gasteiger partial charge in [0.1, 0.15) is 0 Å². The summed E-state index contributed by atoms with van der Waals surface area (Å²) in [6.07, 6.45) is 0.229. The summed E-state index contributed by atoms with van der Waals surface area (Å²) in [7, 11) is 1.36. The van der Waals surface area contributed by atoms with Gasteiger partial charge in [-0.2, -0.15) is 0 Å². The van der Waals surface area contributed by atoms with E-state index in [9.17, 15) is 4.79 Å². The van der Waals surface area contributed by atoms with Crippen LogP contribution in [0.25, 0.3) is 0 Å². The number of hydrogen-bond acceptors (Lipinski definition) is 2. The molecule has 0 aliphatic rings. The highest BCUT2D eigenvalue weighted by molar-refractivity contribution is 9.13. The average Bonchev–Trinajstić information content (AvgIpc) is 2.19. The first-order valence-corrected chi connectivity index (χ1v) is 5.72. The van der Waals surface area contributed by atoms with Crippen LogP contribution in [0.1, 0.15) is 5.56 Å². The highest BCUT2D eigenvalue weighted by Gasteiger charge is 2.11. The largest absolute Gasteiger partial charge is 0.469 e. The Bertz CT molecular complexity index is 366. The van der Waals surface area contributed by atoms with Crippen molar-refractivity contribution in [2.24, 2.45) is 0 Å². The quantitative estimate of drug-likeness (QED) is 0.607. The molecule has 76 valence electrons. The van der Waals surface area contributed by atoms with Crippen molar-refractivity contribution in [2.45, 2.75) is 6.42 Å². The second-order valence-electron chi connectivity index (χ2n) is 2.59. The lowest BCUT2D eigenvalue weighted by molar-refractivity contribution is -0.139. The second kappa shape index (κ2) is 5.14. The Morgan fingerprint density at radius 2 is 2.07 bits per heavy atom. The van der Waals surface area contributed by atoms with Crippen molar-refractivity contribution in [3.63, 3.8) is 0 Å². The minimum atomic E-state index is -0.278. The fourth-order valence-electron chi connectivity index (χ4n) is 0.930. The van der Waals surface area contributed by atoms with Gasteiger partial charge in [-0.3, -0.25) is 4.79 Å².